The van der Waals surface area contributed by atoms with E-state index in [1.54, 1.807) is 12.1 Å². The lowest BCUT2D eigenvalue weighted by molar-refractivity contribution is 0.432. The highest BCUT2D eigenvalue weighted by atomic mass is 16.6. The van der Waals surface area contributed by atoms with E-state index >= 15 is 0 Å². The molecule has 1 aliphatic heterocycles. The Bertz CT molecular complexity index is 298. The summed E-state index contributed by atoms with van der Waals surface area (Å²) in [6.07, 6.45) is 0. The maximum absolute atomic E-state index is 11.8. The molecule has 0 spiro atoms. The van der Waals surface area contributed by atoms with Crippen LogP contribution in [0.4, 0.5) is 5.69 Å². The van der Waals surface area contributed by atoms with Gasteiger partial charge in [0.1, 0.15) is 13.1 Å². The van der Waals surface area contributed by atoms with Gasteiger partial charge in [-0.2, -0.15) is 4.76 Å². The molecular formula is C8H9N3O. The summed E-state index contributed by atoms with van der Waals surface area (Å²) < 4.78 is -0.652. The van der Waals surface area contributed by atoms with Crippen LogP contribution >= 0.6 is 0 Å². The maximum atomic E-state index is 11.8. The highest BCUT2D eigenvalue weighted by Gasteiger charge is 2.24. The Morgan fingerprint density at radius 1 is 1.25 bits per heavy atom. The molecule has 0 amide bonds. The zero-order valence-electron chi connectivity index (χ0n) is 6.55. The van der Waals surface area contributed by atoms with E-state index in [1.807, 2.05) is 18.2 Å². The Labute approximate surface area is 70.3 Å². The second-order valence-electron chi connectivity index (χ2n) is 2.72. The summed E-state index contributed by atoms with van der Waals surface area (Å²) >= 11 is 0. The quantitative estimate of drug-likeness (QED) is 0.460. The minimum Gasteiger partial charge on any atom is -0.598 e. The normalized spacial score (nSPS) is 27.8. The minimum atomic E-state index is -0.652. The number of nitrogens with zero attached hydrogens (tertiary/aromatic N) is 3. The van der Waals surface area contributed by atoms with Gasteiger partial charge in [0.2, 0.25) is 0 Å². The van der Waals surface area contributed by atoms with Gasteiger partial charge in [0.15, 0.2) is 5.69 Å². The number of quaternary nitrogens is 1. The van der Waals surface area contributed by atoms with Crippen molar-refractivity contribution in [2.45, 2.75) is 0 Å². The molecule has 0 saturated heterocycles. The molecule has 12 heavy (non-hydrogen) atoms. The van der Waals surface area contributed by atoms with Crippen LogP contribution in [0.25, 0.3) is 0 Å². The van der Waals surface area contributed by atoms with Gasteiger partial charge in [-0.25, -0.2) is 0 Å². The van der Waals surface area contributed by atoms with Crippen molar-refractivity contribution in [1.82, 2.24) is 4.76 Å². The van der Waals surface area contributed by atoms with E-state index in [9.17, 15) is 5.21 Å². The standard InChI is InChI=1S/C8H9N3O/c12-11(7-6-9-10-11)8-4-2-1-3-5-8/h1-5H,6-7H2. The summed E-state index contributed by atoms with van der Waals surface area (Å²) in [5, 5.41) is 19.1. The molecule has 1 atom stereocenters. The fraction of sp³-hybridized carbons (Fsp3) is 0.250. The zero-order chi connectivity index (χ0) is 8.44. The van der Waals surface area contributed by atoms with Crippen molar-refractivity contribution in [3.05, 3.63) is 35.5 Å². The van der Waals surface area contributed by atoms with Crippen LogP contribution in [0.1, 0.15) is 0 Å². The summed E-state index contributed by atoms with van der Waals surface area (Å²) in [6.45, 7) is 0.947. The lowest BCUT2D eigenvalue weighted by atomic mass is 10.3. The molecule has 0 aromatic heterocycles. The molecule has 1 unspecified atom stereocenters. The van der Waals surface area contributed by atoms with E-state index in [0.29, 0.717) is 18.8 Å². The van der Waals surface area contributed by atoms with Gasteiger partial charge < -0.3 is 5.21 Å². The second-order valence-corrected chi connectivity index (χ2v) is 2.72. The van der Waals surface area contributed by atoms with Crippen LogP contribution in [0, 0.1) is 5.21 Å². The third kappa shape index (κ3) is 1.11. The van der Waals surface area contributed by atoms with Gasteiger partial charge in [-0.05, 0) is 0 Å². The number of rotatable bonds is 1. The molecule has 0 radical (unpaired) electrons. The zero-order valence-corrected chi connectivity index (χ0v) is 6.55. The predicted molar refractivity (Wildman–Crippen MR) is 46.2 cm³/mol. The monoisotopic (exact) mass is 163 g/mol. The van der Waals surface area contributed by atoms with Crippen LogP contribution in [0.3, 0.4) is 0 Å². The number of hydroxylamine groups is 1. The van der Waals surface area contributed by atoms with Crippen molar-refractivity contribution < 1.29 is 0 Å². The Morgan fingerprint density at radius 2 is 2.00 bits per heavy atom. The highest BCUT2D eigenvalue weighted by Crippen LogP contribution is 2.24. The van der Waals surface area contributed by atoms with Crippen molar-refractivity contribution in [2.24, 2.45) is 10.3 Å². The molecule has 0 bridgehead atoms. The fourth-order valence-electron chi connectivity index (χ4n) is 1.21. The van der Waals surface area contributed by atoms with E-state index in [0.717, 1.165) is 0 Å². The van der Waals surface area contributed by atoms with E-state index in [-0.39, 0.29) is 0 Å². The molecule has 2 rings (SSSR count). The van der Waals surface area contributed by atoms with Gasteiger partial charge in [0.25, 0.3) is 0 Å². The van der Waals surface area contributed by atoms with Gasteiger partial charge >= 0.3 is 0 Å². The number of para-hydroxylation sites is 1. The molecule has 0 saturated carbocycles. The predicted octanol–water partition coefficient (Wildman–Crippen LogP) is 1.87. The summed E-state index contributed by atoms with van der Waals surface area (Å²) in [7, 11) is 0. The molecule has 1 aliphatic rings. The smallest absolute Gasteiger partial charge is 0.160 e. The van der Waals surface area contributed by atoms with Gasteiger partial charge in [0, 0.05) is 17.4 Å². The molecule has 62 valence electrons. The van der Waals surface area contributed by atoms with Gasteiger partial charge in [0.05, 0.1) is 0 Å². The van der Waals surface area contributed by atoms with Gasteiger partial charge in [-0.3, -0.25) is 0 Å². The van der Waals surface area contributed by atoms with Crippen LogP contribution in [0.15, 0.2) is 40.7 Å². The number of benzene rings is 1. The molecule has 0 fully saturated rings. The SMILES string of the molecule is [O-][N+]1(c2ccccc2)CCN=N1. The third-order valence-electron chi connectivity index (χ3n) is 1.87. The topological polar surface area (TPSA) is 47.8 Å². The lowest BCUT2D eigenvalue weighted by Gasteiger charge is -2.28. The van der Waals surface area contributed by atoms with E-state index in [2.05, 4.69) is 10.3 Å². The maximum Gasteiger partial charge on any atom is 0.160 e. The lowest BCUT2D eigenvalue weighted by Crippen LogP contribution is -2.35. The van der Waals surface area contributed by atoms with E-state index in [1.165, 1.54) is 0 Å². The van der Waals surface area contributed by atoms with Crippen molar-refractivity contribution in [3.63, 3.8) is 0 Å². The van der Waals surface area contributed by atoms with Crippen LogP contribution in [-0.4, -0.2) is 13.1 Å². The number of hydrogen-bond acceptors (Lipinski definition) is 3. The highest BCUT2D eigenvalue weighted by molar-refractivity contribution is 5.42. The van der Waals surface area contributed by atoms with Crippen LogP contribution < -0.4 is 4.76 Å². The Kier molecular flexibility index (Phi) is 1.64. The van der Waals surface area contributed by atoms with Crippen molar-refractivity contribution in [1.29, 1.82) is 0 Å². The molecule has 0 N–H and O–H groups in total. The molecule has 4 heteroatoms. The molecular weight excluding hydrogens is 154 g/mol. The van der Waals surface area contributed by atoms with Crippen molar-refractivity contribution in [3.8, 4) is 0 Å². The Balaban J connectivity index is 2.36. The summed E-state index contributed by atoms with van der Waals surface area (Å²) in [4.78, 5) is 0. The second kappa shape index (κ2) is 2.66. The first-order chi connectivity index (χ1) is 5.81. The molecule has 1 aromatic rings. The largest absolute Gasteiger partial charge is 0.598 e. The molecule has 0 aliphatic carbocycles. The average Bonchev–Trinajstić information content (AvgIpc) is 2.55. The van der Waals surface area contributed by atoms with Gasteiger partial charge in [-0.1, -0.05) is 18.2 Å². The van der Waals surface area contributed by atoms with Crippen molar-refractivity contribution in [2.75, 3.05) is 13.1 Å². The summed E-state index contributed by atoms with van der Waals surface area (Å²) in [5.41, 5.74) is 0.652. The van der Waals surface area contributed by atoms with Crippen LogP contribution in [0.2, 0.25) is 0 Å². The average molecular weight is 163 g/mol. The Morgan fingerprint density at radius 3 is 2.58 bits per heavy atom. The van der Waals surface area contributed by atoms with E-state index in [4.69, 9.17) is 0 Å². The molecule has 4 nitrogen and oxygen atoms in total. The summed E-state index contributed by atoms with van der Waals surface area (Å²) in [5.74, 6) is 0. The van der Waals surface area contributed by atoms with Crippen LogP contribution in [-0.2, 0) is 0 Å². The first-order valence-corrected chi connectivity index (χ1v) is 3.85. The Hall–Kier alpha value is -1.26. The fourth-order valence-corrected chi connectivity index (χ4v) is 1.21. The van der Waals surface area contributed by atoms with Crippen LogP contribution in [0.5, 0.6) is 0 Å². The first kappa shape index (κ1) is 7.39. The van der Waals surface area contributed by atoms with Crippen molar-refractivity contribution >= 4 is 5.69 Å². The number of hydrogen-bond donors (Lipinski definition) is 0. The first-order valence-electron chi connectivity index (χ1n) is 3.85. The molecule has 1 heterocycles. The summed E-state index contributed by atoms with van der Waals surface area (Å²) in [6, 6.07) is 9.10. The van der Waals surface area contributed by atoms with E-state index < -0.39 is 4.76 Å². The third-order valence-corrected chi connectivity index (χ3v) is 1.87. The minimum absolute atomic E-state index is 0.421. The van der Waals surface area contributed by atoms with Gasteiger partial charge in [-0.15, -0.1) is 5.11 Å². The molecule has 1 aromatic carbocycles.